The Bertz CT molecular complexity index is 1900. The fourth-order valence-electron chi connectivity index (χ4n) is 9.14. The highest BCUT2D eigenvalue weighted by molar-refractivity contribution is 5.99. The molecule has 0 aromatic rings. The third-order valence-corrected chi connectivity index (χ3v) is 12.7. The number of hydrogen-bond acceptors (Lipinski definition) is 13. The summed E-state index contributed by atoms with van der Waals surface area (Å²) in [6, 6.07) is -2.95. The van der Waals surface area contributed by atoms with Crippen LogP contribution in [0.5, 0.6) is 0 Å². The van der Waals surface area contributed by atoms with Gasteiger partial charge in [-0.3, -0.25) is 57.5 Å². The molecule has 7 atom stereocenters. The summed E-state index contributed by atoms with van der Waals surface area (Å²) in [6.45, 7) is 0.105. The van der Waals surface area contributed by atoms with E-state index in [-0.39, 0.29) is 56.5 Å². The quantitative estimate of drug-likeness (QED) is 0.126. The molecule has 4 heterocycles. The van der Waals surface area contributed by atoms with Crippen molar-refractivity contribution in [2.45, 2.75) is 101 Å². The summed E-state index contributed by atoms with van der Waals surface area (Å²) in [5.74, 6) is -8.93. The summed E-state index contributed by atoms with van der Waals surface area (Å²) in [4.78, 5) is 160. The van der Waals surface area contributed by atoms with E-state index >= 15 is 0 Å². The molecule has 4 aliphatic heterocycles. The van der Waals surface area contributed by atoms with Crippen molar-refractivity contribution in [2.75, 3.05) is 72.1 Å². The third-order valence-electron chi connectivity index (χ3n) is 12.7. The first-order valence-corrected chi connectivity index (χ1v) is 22.5. The molecule has 10 N–H and O–H groups in total. The van der Waals surface area contributed by atoms with E-state index in [1.165, 1.54) is 4.90 Å². The van der Waals surface area contributed by atoms with Crippen molar-refractivity contribution < 1.29 is 62.3 Å². The van der Waals surface area contributed by atoms with E-state index in [0.29, 0.717) is 38.5 Å². The summed E-state index contributed by atoms with van der Waals surface area (Å²) < 4.78 is 5.61. The molecule has 66 heavy (non-hydrogen) atoms. The van der Waals surface area contributed by atoms with Gasteiger partial charge in [-0.2, -0.15) is 0 Å². The number of fused-ring (bicyclic) bond motifs is 3. The summed E-state index contributed by atoms with van der Waals surface area (Å²) >= 11 is 0. The second-order valence-corrected chi connectivity index (χ2v) is 17.2. The predicted molar refractivity (Wildman–Crippen MR) is 228 cm³/mol. The molecule has 25 nitrogen and oxygen atoms in total. The summed E-state index contributed by atoms with van der Waals surface area (Å²) in [5, 5.41) is 24.3. The average molecular weight is 931 g/mol. The lowest BCUT2D eigenvalue weighted by molar-refractivity contribution is -0.146. The topological polar surface area (TPSA) is 341 Å². The van der Waals surface area contributed by atoms with E-state index in [9.17, 15) is 57.5 Å². The van der Waals surface area contributed by atoms with Gasteiger partial charge >= 0.3 is 0 Å². The third kappa shape index (κ3) is 13.6. The number of ether oxygens (including phenoxy) is 1. The number of amides is 12. The zero-order valence-electron chi connectivity index (χ0n) is 37.3. The first kappa shape index (κ1) is 50.6. The van der Waals surface area contributed by atoms with Gasteiger partial charge in [0.2, 0.25) is 70.9 Å². The van der Waals surface area contributed by atoms with Crippen molar-refractivity contribution in [1.29, 1.82) is 0 Å². The molecule has 4 saturated heterocycles. The van der Waals surface area contributed by atoms with Crippen molar-refractivity contribution in [3.05, 3.63) is 0 Å². The molecule has 364 valence electrons. The van der Waals surface area contributed by atoms with E-state index in [2.05, 4.69) is 53.2 Å². The second kappa shape index (κ2) is 23.7. The van der Waals surface area contributed by atoms with Gasteiger partial charge in [-0.15, -0.1) is 0 Å². The van der Waals surface area contributed by atoms with Crippen molar-refractivity contribution in [3.63, 3.8) is 0 Å². The Morgan fingerprint density at radius 1 is 0.621 bits per heavy atom. The first-order valence-electron chi connectivity index (χ1n) is 22.5. The van der Waals surface area contributed by atoms with E-state index in [1.807, 2.05) is 13.8 Å². The van der Waals surface area contributed by atoms with Gasteiger partial charge in [0.15, 0.2) is 0 Å². The summed E-state index contributed by atoms with van der Waals surface area (Å²) in [6.07, 6.45) is 3.55. The van der Waals surface area contributed by atoms with Crippen molar-refractivity contribution in [2.24, 2.45) is 11.8 Å². The number of rotatable bonds is 3. The van der Waals surface area contributed by atoms with E-state index in [4.69, 9.17) is 4.74 Å². The van der Waals surface area contributed by atoms with Crippen molar-refractivity contribution >= 4 is 70.9 Å². The van der Waals surface area contributed by atoms with Gasteiger partial charge in [-0.1, -0.05) is 26.7 Å². The fraction of sp³-hybridized carbons (Fsp3) is 0.707. The van der Waals surface area contributed by atoms with Gasteiger partial charge in [-0.05, 0) is 50.4 Å². The minimum Gasteiger partial charge on any atom is -0.377 e. The van der Waals surface area contributed by atoms with Crippen LogP contribution < -0.4 is 53.2 Å². The van der Waals surface area contributed by atoms with E-state index in [1.54, 1.807) is 4.90 Å². The Morgan fingerprint density at radius 2 is 1.11 bits per heavy atom. The Balaban J connectivity index is 1.31. The molecule has 0 aromatic carbocycles. The van der Waals surface area contributed by atoms with E-state index in [0.717, 1.165) is 0 Å². The van der Waals surface area contributed by atoms with Crippen LogP contribution in [0.25, 0.3) is 0 Å². The second-order valence-electron chi connectivity index (χ2n) is 17.2. The van der Waals surface area contributed by atoms with Crippen LogP contribution in [0.1, 0.15) is 71.6 Å². The lowest BCUT2D eigenvalue weighted by atomic mass is 9.76. The van der Waals surface area contributed by atoms with Crippen LogP contribution >= 0.6 is 0 Å². The van der Waals surface area contributed by atoms with Crippen LogP contribution in [-0.2, 0) is 62.3 Å². The number of morpholine rings is 1. The zero-order valence-corrected chi connectivity index (χ0v) is 37.3. The molecular formula is C41H62N12O13. The van der Waals surface area contributed by atoms with E-state index < -0.39 is 147 Å². The van der Waals surface area contributed by atoms with Crippen LogP contribution in [-0.4, -0.2) is 183 Å². The van der Waals surface area contributed by atoms with Crippen LogP contribution in [0.15, 0.2) is 0 Å². The zero-order chi connectivity index (χ0) is 48.0. The Labute approximate surface area is 380 Å². The molecule has 1 saturated carbocycles. The van der Waals surface area contributed by atoms with Gasteiger partial charge in [0.25, 0.3) is 0 Å². The molecule has 1 spiro atoms. The molecule has 1 aliphatic carbocycles. The normalized spacial score (nSPS) is 29.6. The Hall–Kier alpha value is -6.40. The number of carbonyl (C=O) groups excluding carboxylic acids is 12. The fourth-order valence-corrected chi connectivity index (χ4v) is 9.14. The lowest BCUT2D eigenvalue weighted by Gasteiger charge is -2.39. The summed E-state index contributed by atoms with van der Waals surface area (Å²) in [7, 11) is 0. The molecule has 2 bridgehead atoms. The molecule has 5 fully saturated rings. The number of nitrogens with one attached hydrogen (secondary N) is 10. The number of hydrogen-bond donors (Lipinski definition) is 10. The predicted octanol–water partition coefficient (Wildman–Crippen LogP) is -6.11. The first-order chi connectivity index (χ1) is 31.5. The standard InChI is InChI=1S/C41H62N12O13/c1-3-23(2)26-6-4-10-41(26)40(65)49-19-36(61)50-27(39(64)53-24-8-9-25(53)22-66-21-24)12-29(54)42-13-30(55)43-14-31(56)44-15-32(57)45-16-33(58)46-17-34(59)47-18-35(60)48-20-37(62)52-11-5-7-28(52)38(63)51-41/h23-28H,3-22H2,1-2H3,(H,42,54)(H,43,55)(H,44,56)(H,45,57)(H,46,58)(H,47,59)(H,48,60)(H,49,65)(H,50,61)(H,51,63)/t23-,24?,25?,26?,27?,28?,41?/m0/s1. The van der Waals surface area contributed by atoms with Crippen molar-refractivity contribution in [3.8, 4) is 0 Å². The van der Waals surface area contributed by atoms with Gasteiger partial charge in [0.1, 0.15) is 17.6 Å². The average Bonchev–Trinajstić information content (AvgIpc) is 4.03. The van der Waals surface area contributed by atoms with Gasteiger partial charge in [0, 0.05) is 6.54 Å². The smallest absolute Gasteiger partial charge is 0.246 e. The maximum absolute atomic E-state index is 14.4. The van der Waals surface area contributed by atoms with Gasteiger partial charge < -0.3 is 67.7 Å². The van der Waals surface area contributed by atoms with Crippen molar-refractivity contribution in [1.82, 2.24) is 63.0 Å². The molecule has 5 aliphatic rings. The van der Waals surface area contributed by atoms with Gasteiger partial charge in [0.05, 0.1) is 84.1 Å². The molecule has 6 unspecified atom stereocenters. The monoisotopic (exact) mass is 930 g/mol. The largest absolute Gasteiger partial charge is 0.377 e. The van der Waals surface area contributed by atoms with Crippen LogP contribution in [0.3, 0.4) is 0 Å². The number of nitrogens with zero attached hydrogens (tertiary/aromatic N) is 2. The van der Waals surface area contributed by atoms with Crippen LogP contribution in [0.4, 0.5) is 0 Å². The molecule has 5 rings (SSSR count). The molecule has 0 aromatic heterocycles. The van der Waals surface area contributed by atoms with Crippen LogP contribution in [0, 0.1) is 11.8 Å². The maximum atomic E-state index is 14.4. The van der Waals surface area contributed by atoms with Crippen LogP contribution in [0.2, 0.25) is 0 Å². The Kier molecular flexibility index (Phi) is 18.2. The highest BCUT2D eigenvalue weighted by Crippen LogP contribution is 2.42. The summed E-state index contributed by atoms with van der Waals surface area (Å²) in [5.41, 5.74) is -1.47. The molecule has 12 amide bonds. The number of carbonyl (C=O) groups is 12. The minimum atomic E-state index is -1.47. The molecule has 0 radical (unpaired) electrons. The highest BCUT2D eigenvalue weighted by atomic mass is 16.5. The SMILES string of the molecule is CC[C@H](C)C1CCCC12NC(=O)C1CCCN1C(=O)CNC(=O)CNC(=O)CNC(=O)CNC(=O)CNC(=O)CNC(=O)CNC(=O)CC(C(=O)N1C3CCC1COC3)NC(=O)CNC2=O. The van der Waals surface area contributed by atoms with Gasteiger partial charge in [-0.25, -0.2) is 0 Å². The molecular weight excluding hydrogens is 869 g/mol. The Morgan fingerprint density at radius 3 is 1.62 bits per heavy atom. The molecule has 25 heteroatoms. The minimum absolute atomic E-state index is 0.0437. The highest BCUT2D eigenvalue weighted by Gasteiger charge is 2.53. The maximum Gasteiger partial charge on any atom is 0.246 e. The lowest BCUT2D eigenvalue weighted by Crippen LogP contribution is -2.65.